The third-order valence-electron chi connectivity index (χ3n) is 4.22. The highest BCUT2D eigenvalue weighted by Gasteiger charge is 2.07. The van der Waals surface area contributed by atoms with Gasteiger partial charge in [0.2, 0.25) is 0 Å². The van der Waals surface area contributed by atoms with E-state index in [1.807, 2.05) is 36.4 Å². The number of hydrogen-bond donors (Lipinski definition) is 0. The summed E-state index contributed by atoms with van der Waals surface area (Å²) in [7, 11) is 0. The summed E-state index contributed by atoms with van der Waals surface area (Å²) in [6, 6.07) is 21.6. The number of ether oxygens (including phenoxy) is 3. The zero-order chi connectivity index (χ0) is 22.4. The number of carbonyl (C=O) groups excluding carboxylic acids is 2. The van der Waals surface area contributed by atoms with Gasteiger partial charge in [0.25, 0.3) is 0 Å². The van der Waals surface area contributed by atoms with Crippen LogP contribution in [0.25, 0.3) is 11.1 Å². The van der Waals surface area contributed by atoms with Crippen molar-refractivity contribution in [2.75, 3.05) is 0 Å². The van der Waals surface area contributed by atoms with Gasteiger partial charge in [0.1, 0.15) is 23.0 Å². The van der Waals surface area contributed by atoms with Gasteiger partial charge in [0, 0.05) is 11.1 Å². The van der Waals surface area contributed by atoms with Crippen LogP contribution >= 0.6 is 0 Å². The van der Waals surface area contributed by atoms with Gasteiger partial charge in [-0.2, -0.15) is 0 Å². The van der Waals surface area contributed by atoms with Crippen molar-refractivity contribution in [3.05, 3.63) is 97.1 Å². The summed E-state index contributed by atoms with van der Waals surface area (Å²) in [4.78, 5) is 23.1. The van der Waals surface area contributed by atoms with Crippen molar-refractivity contribution < 1.29 is 23.8 Å². The molecule has 0 bridgehead atoms. The van der Waals surface area contributed by atoms with Gasteiger partial charge in [-0.15, -0.1) is 0 Å². The number of hydrogen-bond acceptors (Lipinski definition) is 5. The van der Waals surface area contributed by atoms with Crippen LogP contribution in [0.15, 0.2) is 97.1 Å². The Labute approximate surface area is 181 Å². The van der Waals surface area contributed by atoms with Crippen LogP contribution in [-0.2, 0) is 9.59 Å². The molecule has 0 aliphatic heterocycles. The summed E-state index contributed by atoms with van der Waals surface area (Å²) < 4.78 is 16.2. The monoisotopic (exact) mass is 414 g/mol. The molecule has 0 heterocycles. The van der Waals surface area contributed by atoms with E-state index in [9.17, 15) is 9.59 Å². The normalized spacial score (nSPS) is 10.1. The second kappa shape index (κ2) is 9.59. The predicted molar refractivity (Wildman–Crippen MR) is 119 cm³/mol. The van der Waals surface area contributed by atoms with Crippen molar-refractivity contribution in [2.24, 2.45) is 0 Å². The van der Waals surface area contributed by atoms with Crippen LogP contribution in [0.3, 0.4) is 0 Å². The Morgan fingerprint density at radius 3 is 1.19 bits per heavy atom. The van der Waals surface area contributed by atoms with Crippen LogP contribution in [0, 0.1) is 0 Å². The van der Waals surface area contributed by atoms with Crippen molar-refractivity contribution in [1.29, 1.82) is 0 Å². The SMILES string of the molecule is C=C(C)C(=O)Oc1ccc(Oc2ccc(-c3ccc(OC(=O)C(=C)C)cc3)cc2)cc1. The Bertz CT molecular complexity index is 1110. The van der Waals surface area contributed by atoms with Gasteiger partial charge in [-0.3, -0.25) is 0 Å². The first-order valence-electron chi connectivity index (χ1n) is 9.55. The zero-order valence-electron chi connectivity index (χ0n) is 17.4. The van der Waals surface area contributed by atoms with E-state index in [1.54, 1.807) is 50.2 Å². The molecule has 0 unspecified atom stereocenters. The molecule has 5 heteroatoms. The number of benzene rings is 3. The largest absolute Gasteiger partial charge is 0.457 e. The number of esters is 2. The van der Waals surface area contributed by atoms with Crippen LogP contribution in [0.4, 0.5) is 0 Å². The van der Waals surface area contributed by atoms with E-state index in [0.717, 1.165) is 11.1 Å². The molecule has 31 heavy (non-hydrogen) atoms. The van der Waals surface area contributed by atoms with Crippen molar-refractivity contribution in [3.8, 4) is 34.1 Å². The topological polar surface area (TPSA) is 61.8 Å². The summed E-state index contributed by atoms with van der Waals surface area (Å²) in [5.74, 6) is 1.26. The molecular formula is C26H22O5. The molecule has 0 radical (unpaired) electrons. The minimum Gasteiger partial charge on any atom is -0.457 e. The first-order chi connectivity index (χ1) is 14.8. The summed E-state index contributed by atoms with van der Waals surface area (Å²) in [6.45, 7) is 10.3. The van der Waals surface area contributed by atoms with Gasteiger partial charge < -0.3 is 14.2 Å². The van der Waals surface area contributed by atoms with Crippen LogP contribution in [-0.4, -0.2) is 11.9 Å². The second-order valence-electron chi connectivity index (χ2n) is 6.96. The first kappa shape index (κ1) is 21.6. The maximum atomic E-state index is 11.6. The van der Waals surface area contributed by atoms with E-state index in [0.29, 0.717) is 34.1 Å². The minimum atomic E-state index is -0.466. The third-order valence-corrected chi connectivity index (χ3v) is 4.22. The van der Waals surface area contributed by atoms with E-state index in [1.165, 1.54) is 0 Å². The maximum Gasteiger partial charge on any atom is 0.338 e. The van der Waals surface area contributed by atoms with Crippen molar-refractivity contribution in [1.82, 2.24) is 0 Å². The van der Waals surface area contributed by atoms with Gasteiger partial charge in [-0.25, -0.2) is 9.59 Å². The maximum absolute atomic E-state index is 11.6. The van der Waals surface area contributed by atoms with Crippen LogP contribution in [0.5, 0.6) is 23.0 Å². The lowest BCUT2D eigenvalue weighted by atomic mass is 10.1. The zero-order valence-corrected chi connectivity index (χ0v) is 17.4. The smallest absolute Gasteiger partial charge is 0.338 e. The van der Waals surface area contributed by atoms with E-state index < -0.39 is 11.9 Å². The molecule has 0 N–H and O–H groups in total. The molecule has 0 saturated heterocycles. The Balaban J connectivity index is 1.62. The fourth-order valence-corrected chi connectivity index (χ4v) is 2.53. The lowest BCUT2D eigenvalue weighted by Gasteiger charge is -2.09. The standard InChI is InChI=1S/C26H22O5/c1-17(2)25(27)30-23-11-7-20(8-12-23)19-5-9-21(10-6-19)29-22-13-15-24(16-14-22)31-26(28)18(3)4/h5-16H,1,3H2,2,4H3. The lowest BCUT2D eigenvalue weighted by Crippen LogP contribution is -2.07. The molecule has 0 saturated carbocycles. The van der Waals surface area contributed by atoms with E-state index in [-0.39, 0.29) is 0 Å². The predicted octanol–water partition coefficient (Wildman–Crippen LogP) is 6.11. The minimum absolute atomic E-state index is 0.336. The van der Waals surface area contributed by atoms with Gasteiger partial charge in [-0.05, 0) is 73.5 Å². The molecule has 5 nitrogen and oxygen atoms in total. The van der Waals surface area contributed by atoms with Crippen LogP contribution in [0.2, 0.25) is 0 Å². The second-order valence-corrected chi connectivity index (χ2v) is 6.96. The number of rotatable bonds is 7. The molecule has 0 amide bonds. The molecule has 3 rings (SSSR count). The fourth-order valence-electron chi connectivity index (χ4n) is 2.53. The van der Waals surface area contributed by atoms with Crippen molar-refractivity contribution in [3.63, 3.8) is 0 Å². The van der Waals surface area contributed by atoms with Gasteiger partial charge in [0.05, 0.1) is 0 Å². The average Bonchev–Trinajstić information content (AvgIpc) is 2.76. The van der Waals surface area contributed by atoms with Gasteiger partial charge in [-0.1, -0.05) is 37.4 Å². The highest BCUT2D eigenvalue weighted by molar-refractivity contribution is 5.89. The van der Waals surface area contributed by atoms with E-state index >= 15 is 0 Å². The van der Waals surface area contributed by atoms with Crippen LogP contribution < -0.4 is 14.2 Å². The fraction of sp³-hybridized carbons (Fsp3) is 0.0769. The summed E-state index contributed by atoms with van der Waals surface area (Å²) in [5, 5.41) is 0. The molecule has 3 aromatic carbocycles. The first-order valence-corrected chi connectivity index (χ1v) is 9.55. The Morgan fingerprint density at radius 2 is 0.839 bits per heavy atom. The molecule has 0 spiro atoms. The molecule has 0 aliphatic carbocycles. The molecule has 0 aliphatic rings. The van der Waals surface area contributed by atoms with Crippen LogP contribution in [0.1, 0.15) is 13.8 Å². The van der Waals surface area contributed by atoms with Crippen molar-refractivity contribution in [2.45, 2.75) is 13.8 Å². The lowest BCUT2D eigenvalue weighted by molar-refractivity contribution is -0.130. The molecule has 0 atom stereocenters. The van der Waals surface area contributed by atoms with Gasteiger partial charge >= 0.3 is 11.9 Å². The molecule has 0 aromatic heterocycles. The highest BCUT2D eigenvalue weighted by Crippen LogP contribution is 2.28. The van der Waals surface area contributed by atoms with Gasteiger partial charge in [0.15, 0.2) is 0 Å². The third kappa shape index (κ3) is 5.93. The molecule has 3 aromatic rings. The summed E-state index contributed by atoms with van der Waals surface area (Å²) >= 11 is 0. The van der Waals surface area contributed by atoms with E-state index in [2.05, 4.69) is 13.2 Å². The summed E-state index contributed by atoms with van der Waals surface area (Å²) in [5.41, 5.74) is 2.66. The Morgan fingerprint density at radius 1 is 0.548 bits per heavy atom. The summed E-state index contributed by atoms with van der Waals surface area (Å²) in [6.07, 6.45) is 0. The molecule has 0 fully saturated rings. The quantitative estimate of drug-likeness (QED) is 0.265. The van der Waals surface area contributed by atoms with Crippen molar-refractivity contribution >= 4 is 11.9 Å². The molecular weight excluding hydrogens is 392 g/mol. The highest BCUT2D eigenvalue weighted by atomic mass is 16.5. The molecule has 156 valence electrons. The van der Waals surface area contributed by atoms with E-state index in [4.69, 9.17) is 14.2 Å². The Hall–Kier alpha value is -4.12. The Kier molecular flexibility index (Phi) is 6.67. The number of carbonyl (C=O) groups is 2. The average molecular weight is 414 g/mol.